The van der Waals surface area contributed by atoms with Gasteiger partial charge in [-0.3, -0.25) is 15.0 Å². The van der Waals surface area contributed by atoms with Crippen LogP contribution in [0.1, 0.15) is 38.9 Å². The number of nitro groups is 1. The van der Waals surface area contributed by atoms with Crippen LogP contribution >= 0.6 is 12.4 Å². The van der Waals surface area contributed by atoms with Gasteiger partial charge >= 0.3 is 5.88 Å². The van der Waals surface area contributed by atoms with Gasteiger partial charge in [-0.1, -0.05) is 11.6 Å². The van der Waals surface area contributed by atoms with Crippen molar-refractivity contribution < 1.29 is 19.3 Å². The predicted octanol–water partition coefficient (Wildman–Crippen LogP) is 2.58. The monoisotopic (exact) mass is 361 g/mol. The molecule has 9 heteroatoms. The van der Waals surface area contributed by atoms with E-state index in [4.69, 9.17) is 9.25 Å². The van der Waals surface area contributed by atoms with Gasteiger partial charge in [0.2, 0.25) is 0 Å². The molecule has 0 bridgehead atoms. The summed E-state index contributed by atoms with van der Waals surface area (Å²) in [6, 6.07) is 3.59. The first-order valence-electron chi connectivity index (χ1n) is 7.80. The first-order chi connectivity index (χ1) is 11.0. The number of hydrogen-bond acceptors (Lipinski definition) is 7. The molecule has 1 N–H and O–H groups in total. The topological polar surface area (TPSA) is 101 Å². The van der Waals surface area contributed by atoms with Crippen molar-refractivity contribution in [3.8, 4) is 0 Å². The Kier molecular flexibility index (Phi) is 8.17. The summed E-state index contributed by atoms with van der Waals surface area (Å²) in [6.45, 7) is 4.95. The van der Waals surface area contributed by atoms with Crippen LogP contribution in [0.5, 0.6) is 0 Å². The van der Waals surface area contributed by atoms with Crippen LogP contribution in [0.3, 0.4) is 0 Å². The second-order valence-electron chi connectivity index (χ2n) is 5.94. The van der Waals surface area contributed by atoms with Gasteiger partial charge in [-0.25, -0.2) is 0 Å². The Bertz CT molecular complexity index is 541. The highest BCUT2D eigenvalue weighted by atomic mass is 35.5. The van der Waals surface area contributed by atoms with Crippen LogP contribution in [0.4, 0.5) is 5.88 Å². The molecule has 0 aliphatic carbocycles. The first-order valence-corrected chi connectivity index (χ1v) is 7.80. The molecule has 1 aliphatic rings. The molecular weight excluding hydrogens is 338 g/mol. The Morgan fingerprint density at radius 1 is 1.50 bits per heavy atom. The van der Waals surface area contributed by atoms with Crippen LogP contribution in [0, 0.1) is 10.1 Å². The third kappa shape index (κ3) is 5.77. The number of β-amino-alcohol motifs (C(OH)–C–C–N with tert-alkyl or cyclic N) is 1. The van der Waals surface area contributed by atoms with E-state index < -0.39 is 11.0 Å². The summed E-state index contributed by atoms with van der Waals surface area (Å²) >= 11 is 0. The summed E-state index contributed by atoms with van der Waals surface area (Å²) in [6.07, 6.45) is 4.12. The molecule has 1 aromatic rings. The molecule has 136 valence electrons. The molecule has 0 amide bonds. The van der Waals surface area contributed by atoms with E-state index in [0.29, 0.717) is 18.6 Å². The van der Waals surface area contributed by atoms with Crippen LogP contribution in [0.15, 0.2) is 21.7 Å². The molecule has 0 aromatic carbocycles. The lowest BCUT2D eigenvalue weighted by molar-refractivity contribution is -0.402. The average molecular weight is 362 g/mol. The molecule has 3 atom stereocenters. The molecule has 0 spiro atoms. The van der Waals surface area contributed by atoms with Gasteiger partial charge in [0.25, 0.3) is 0 Å². The highest BCUT2D eigenvalue weighted by Crippen LogP contribution is 2.22. The summed E-state index contributed by atoms with van der Waals surface area (Å²) in [5, 5.41) is 24.2. The Morgan fingerprint density at radius 3 is 2.75 bits per heavy atom. The number of piperidine rings is 1. The van der Waals surface area contributed by atoms with E-state index >= 15 is 0 Å². The zero-order chi connectivity index (χ0) is 16.8. The number of rotatable bonds is 7. The van der Waals surface area contributed by atoms with E-state index in [-0.39, 0.29) is 30.7 Å². The molecular formula is C15H24ClN3O5. The smallest absolute Gasteiger partial charge is 0.400 e. The highest BCUT2D eigenvalue weighted by Gasteiger charge is 2.26. The van der Waals surface area contributed by atoms with Crippen molar-refractivity contribution in [2.45, 2.75) is 51.3 Å². The van der Waals surface area contributed by atoms with Crippen LogP contribution in [-0.2, 0) is 4.84 Å². The molecule has 2 heterocycles. The van der Waals surface area contributed by atoms with Crippen LogP contribution in [-0.4, -0.2) is 52.5 Å². The van der Waals surface area contributed by atoms with E-state index in [1.165, 1.54) is 24.8 Å². The minimum absolute atomic E-state index is 0. The normalized spacial score (nSPS) is 23.0. The molecule has 1 aromatic heterocycles. The summed E-state index contributed by atoms with van der Waals surface area (Å²) < 4.78 is 4.90. The molecule has 2 rings (SSSR count). The van der Waals surface area contributed by atoms with Crippen molar-refractivity contribution in [3.63, 3.8) is 0 Å². The molecule has 24 heavy (non-hydrogen) atoms. The minimum Gasteiger partial charge on any atom is -0.400 e. The standard InChI is InChI=1S/C15H23N3O5.ClH/c1-11-4-3-5-12(2)17(11)9-13(19)10-22-16-8-14-6-7-15(23-14)18(20)21;/h6-8,11-13,19H,3-5,9-10H2,1-2H3;1H/b16-8+;. The van der Waals surface area contributed by atoms with Crippen molar-refractivity contribution in [2.24, 2.45) is 5.16 Å². The quantitative estimate of drug-likeness (QED) is 0.455. The van der Waals surface area contributed by atoms with Gasteiger partial charge in [-0.05, 0) is 32.8 Å². The van der Waals surface area contributed by atoms with Crippen molar-refractivity contribution >= 4 is 24.5 Å². The third-order valence-corrected chi connectivity index (χ3v) is 4.11. The summed E-state index contributed by atoms with van der Waals surface area (Å²) in [5.41, 5.74) is 0. The highest BCUT2D eigenvalue weighted by molar-refractivity contribution is 5.85. The largest absolute Gasteiger partial charge is 0.433 e. The lowest BCUT2D eigenvalue weighted by Crippen LogP contribution is -2.48. The van der Waals surface area contributed by atoms with Crippen molar-refractivity contribution in [2.75, 3.05) is 13.2 Å². The van der Waals surface area contributed by atoms with Crippen LogP contribution in [0.25, 0.3) is 0 Å². The second kappa shape index (κ2) is 9.61. The molecule has 1 fully saturated rings. The van der Waals surface area contributed by atoms with Crippen molar-refractivity contribution in [3.05, 3.63) is 28.0 Å². The van der Waals surface area contributed by atoms with E-state index in [1.54, 1.807) is 0 Å². The average Bonchev–Trinajstić information content (AvgIpc) is 2.97. The van der Waals surface area contributed by atoms with Gasteiger partial charge in [0.15, 0.2) is 5.76 Å². The van der Waals surface area contributed by atoms with Crippen LogP contribution in [0.2, 0.25) is 0 Å². The molecule has 1 aliphatic heterocycles. The number of oxime groups is 1. The fourth-order valence-corrected chi connectivity index (χ4v) is 2.86. The lowest BCUT2D eigenvalue weighted by atomic mass is 9.97. The Labute approximate surface area is 147 Å². The van der Waals surface area contributed by atoms with Crippen molar-refractivity contribution in [1.82, 2.24) is 4.90 Å². The van der Waals surface area contributed by atoms with E-state index in [0.717, 1.165) is 12.8 Å². The second-order valence-corrected chi connectivity index (χ2v) is 5.94. The lowest BCUT2D eigenvalue weighted by Gasteiger charge is -2.39. The Morgan fingerprint density at radius 2 is 2.17 bits per heavy atom. The Balaban J connectivity index is 0.00000288. The zero-order valence-electron chi connectivity index (χ0n) is 13.8. The minimum atomic E-state index is -0.638. The number of aliphatic hydroxyl groups excluding tert-OH is 1. The SMILES string of the molecule is CC1CCCC(C)N1CC(O)CO/N=C/c1ccc([N+](=O)[O-])o1.Cl. The Hall–Kier alpha value is -1.64. The molecule has 1 saturated heterocycles. The molecule has 0 saturated carbocycles. The number of aliphatic hydroxyl groups is 1. The summed E-state index contributed by atoms with van der Waals surface area (Å²) in [5.74, 6) is -0.121. The van der Waals surface area contributed by atoms with Gasteiger partial charge in [0.05, 0.1) is 6.07 Å². The summed E-state index contributed by atoms with van der Waals surface area (Å²) in [4.78, 5) is 17.2. The first kappa shape index (κ1) is 20.4. The number of hydrogen-bond donors (Lipinski definition) is 1. The van der Waals surface area contributed by atoms with Gasteiger partial charge < -0.3 is 14.4 Å². The van der Waals surface area contributed by atoms with E-state index in [2.05, 4.69) is 23.9 Å². The fraction of sp³-hybridized carbons (Fsp3) is 0.667. The molecule has 0 radical (unpaired) electrons. The van der Waals surface area contributed by atoms with Gasteiger partial charge in [0, 0.05) is 18.6 Å². The molecule has 8 nitrogen and oxygen atoms in total. The number of likely N-dealkylation sites (tertiary alicyclic amines) is 1. The molecule has 3 unspecified atom stereocenters. The van der Waals surface area contributed by atoms with Crippen molar-refractivity contribution in [1.29, 1.82) is 0 Å². The number of halogens is 1. The van der Waals surface area contributed by atoms with E-state index in [1.807, 2.05) is 0 Å². The maximum Gasteiger partial charge on any atom is 0.433 e. The zero-order valence-corrected chi connectivity index (χ0v) is 14.6. The van der Waals surface area contributed by atoms with Gasteiger partial charge in [0.1, 0.15) is 23.8 Å². The van der Waals surface area contributed by atoms with Gasteiger partial charge in [-0.15, -0.1) is 12.4 Å². The predicted molar refractivity (Wildman–Crippen MR) is 91.6 cm³/mol. The number of nitrogens with zero attached hydrogens (tertiary/aromatic N) is 3. The maximum atomic E-state index is 10.5. The fourth-order valence-electron chi connectivity index (χ4n) is 2.86. The summed E-state index contributed by atoms with van der Waals surface area (Å²) in [7, 11) is 0. The number of furan rings is 1. The van der Waals surface area contributed by atoms with Gasteiger partial charge in [-0.2, -0.15) is 0 Å². The maximum absolute atomic E-state index is 10.5. The van der Waals surface area contributed by atoms with Crippen LogP contribution < -0.4 is 0 Å². The van der Waals surface area contributed by atoms with E-state index in [9.17, 15) is 15.2 Å². The third-order valence-electron chi connectivity index (χ3n) is 4.11.